The molecular weight excluding hydrogens is 536 g/mol. The molecular formula is C19H30Cl2HfNOSi. The van der Waals surface area contributed by atoms with Crippen molar-refractivity contribution in [3.8, 4) is 0 Å². The van der Waals surface area contributed by atoms with E-state index in [0.717, 1.165) is 19.3 Å². The van der Waals surface area contributed by atoms with Crippen LogP contribution in [-0.4, -0.2) is 11.9 Å². The van der Waals surface area contributed by atoms with Gasteiger partial charge in [-0.2, -0.15) is 0 Å². The van der Waals surface area contributed by atoms with Crippen molar-refractivity contribution in [2.24, 2.45) is 5.92 Å². The van der Waals surface area contributed by atoms with Crippen molar-refractivity contribution in [3.63, 3.8) is 0 Å². The summed E-state index contributed by atoms with van der Waals surface area (Å²) >= 11 is -2.16. The Morgan fingerprint density at radius 2 is 1.92 bits per heavy atom. The van der Waals surface area contributed by atoms with Gasteiger partial charge in [0.05, 0.1) is 0 Å². The fraction of sp³-hybridized carbons (Fsp3) is 0.526. The summed E-state index contributed by atoms with van der Waals surface area (Å²) in [6, 6.07) is 8.72. The molecule has 0 heterocycles. The number of hydrogen-bond acceptors (Lipinski definition) is 1. The van der Waals surface area contributed by atoms with E-state index in [-0.39, 0.29) is 30.7 Å². The molecule has 1 aliphatic carbocycles. The molecule has 1 amide bonds. The third-order valence-electron chi connectivity index (χ3n) is 4.79. The van der Waals surface area contributed by atoms with Crippen molar-refractivity contribution in [2.45, 2.75) is 56.3 Å². The summed E-state index contributed by atoms with van der Waals surface area (Å²) in [5.74, 6) is -0.215. The predicted octanol–water partition coefficient (Wildman–Crippen LogP) is -1.39. The van der Waals surface area contributed by atoms with E-state index in [1.54, 1.807) is 0 Å². The summed E-state index contributed by atoms with van der Waals surface area (Å²) in [5, 5.41) is 0. The van der Waals surface area contributed by atoms with Crippen LogP contribution in [0.15, 0.2) is 30.3 Å². The molecule has 1 aromatic rings. The zero-order valence-corrected chi connectivity index (χ0v) is 21.9. The predicted molar refractivity (Wildman–Crippen MR) is 98.5 cm³/mol. The van der Waals surface area contributed by atoms with Crippen LogP contribution in [0.3, 0.4) is 0 Å². The van der Waals surface area contributed by atoms with Crippen LogP contribution in [0.25, 0.3) is 6.08 Å². The normalized spacial score (nSPS) is 15.8. The Bertz CT molecular complexity index is 568. The van der Waals surface area contributed by atoms with Crippen molar-refractivity contribution >= 4 is 18.0 Å². The Labute approximate surface area is 174 Å². The summed E-state index contributed by atoms with van der Waals surface area (Å²) in [6.07, 6.45) is 9.01. The molecule has 2 atom stereocenters. The molecule has 6 heteroatoms. The standard InChI is InChI=1S/C9H7.C8H17NO.C2H7Si.2ClH.Hf/c1-2-5-9-7-3-6-8(9)4-1;1-3-5-6-7(4-2)8(9)10;1-3-2;;;/h1-7H;7H,3-6H2,1-2H3,(H2,9,10);3H,1-2H3;2*1H;/q;;;;;+3/p-3. The second-order valence-corrected chi connectivity index (χ2v) is 33.1. The minimum Gasteiger partial charge on any atom is -1.00 e. The van der Waals surface area contributed by atoms with Crippen LogP contribution < -0.4 is 28.1 Å². The number of nitrogens with one attached hydrogen (secondary N) is 1. The molecule has 2 nitrogen and oxygen atoms in total. The molecule has 2 unspecified atom stereocenters. The Balaban J connectivity index is 0.00000288. The van der Waals surface area contributed by atoms with Crippen molar-refractivity contribution in [1.82, 2.24) is 3.30 Å². The van der Waals surface area contributed by atoms with Gasteiger partial charge in [0.1, 0.15) is 0 Å². The Hall–Kier alpha value is 0.0970. The van der Waals surface area contributed by atoms with Crippen molar-refractivity contribution in [2.75, 3.05) is 0 Å². The van der Waals surface area contributed by atoms with E-state index < -0.39 is 26.9 Å². The van der Waals surface area contributed by atoms with Crippen LogP contribution in [0.2, 0.25) is 13.1 Å². The van der Waals surface area contributed by atoms with Crippen LogP contribution in [0.5, 0.6) is 0 Å². The van der Waals surface area contributed by atoms with Gasteiger partial charge in [-0.25, -0.2) is 0 Å². The van der Waals surface area contributed by atoms with Gasteiger partial charge in [0.15, 0.2) is 0 Å². The third kappa shape index (κ3) is 6.64. The van der Waals surface area contributed by atoms with E-state index in [1.165, 1.54) is 17.5 Å². The first-order chi connectivity index (χ1) is 11.1. The van der Waals surface area contributed by atoms with Crippen molar-refractivity contribution in [3.05, 3.63) is 41.5 Å². The molecule has 0 aromatic heterocycles. The SMILES string of the molecule is CCCCC(CC)C(=O)[NH][Hf+2]([CH]1C=Cc2ccccc21)[SiH](C)C.[Cl-].[Cl-]. The fourth-order valence-electron chi connectivity index (χ4n) is 3.32. The number of rotatable bonds is 8. The van der Waals surface area contributed by atoms with E-state index in [2.05, 4.69) is 66.7 Å². The first-order valence-corrected chi connectivity index (χ1v) is 22.0. The number of fused-ring (bicyclic) bond motifs is 1. The summed E-state index contributed by atoms with van der Waals surface area (Å²) in [5.41, 5.74) is 2.83. The van der Waals surface area contributed by atoms with Crippen LogP contribution in [-0.2, 0) is 25.7 Å². The van der Waals surface area contributed by atoms with Crippen molar-refractivity contribution < 1.29 is 50.5 Å². The second-order valence-electron chi connectivity index (χ2n) is 6.81. The zero-order valence-electron chi connectivity index (χ0n) is 15.7. The number of carbonyl (C=O) groups excluding carboxylic acids is 1. The van der Waals surface area contributed by atoms with E-state index in [4.69, 9.17) is 0 Å². The topological polar surface area (TPSA) is 29.1 Å². The monoisotopic (exact) mass is 566 g/mol. The number of allylic oxidation sites excluding steroid dienone is 1. The second kappa shape index (κ2) is 12.5. The van der Waals surface area contributed by atoms with Gasteiger partial charge in [0.2, 0.25) is 0 Å². The summed E-state index contributed by atoms with van der Waals surface area (Å²) in [7, 11) is 0. The number of carbonyl (C=O) groups is 1. The van der Waals surface area contributed by atoms with Gasteiger partial charge in [-0.15, -0.1) is 0 Å². The molecule has 1 N–H and O–H groups in total. The molecule has 2 rings (SSSR count). The van der Waals surface area contributed by atoms with Crippen molar-refractivity contribution in [1.29, 1.82) is 0 Å². The third-order valence-corrected chi connectivity index (χ3v) is 29.7. The number of unbranched alkanes of at least 4 members (excludes halogenated alkanes) is 1. The molecule has 0 bridgehead atoms. The van der Waals surface area contributed by atoms with E-state index in [9.17, 15) is 4.79 Å². The van der Waals surface area contributed by atoms with Gasteiger partial charge in [-0.1, -0.05) is 0 Å². The number of halogens is 2. The molecule has 0 saturated carbocycles. The summed E-state index contributed by atoms with van der Waals surface area (Å²) in [6.45, 7) is 9.23. The van der Waals surface area contributed by atoms with Gasteiger partial charge < -0.3 is 24.8 Å². The average Bonchev–Trinajstić information content (AvgIpc) is 2.96. The van der Waals surface area contributed by atoms with Gasteiger partial charge in [0, 0.05) is 0 Å². The van der Waals surface area contributed by atoms with Crippen LogP contribution in [0, 0.1) is 5.92 Å². The zero-order chi connectivity index (χ0) is 16.8. The van der Waals surface area contributed by atoms with Crippen LogP contribution in [0.4, 0.5) is 0 Å². The molecule has 0 radical (unpaired) electrons. The quantitative estimate of drug-likeness (QED) is 0.387. The van der Waals surface area contributed by atoms with Crippen LogP contribution in [0.1, 0.15) is 54.3 Å². The molecule has 1 aromatic carbocycles. The number of benzene rings is 1. The number of hydrogen-bond donors (Lipinski definition) is 1. The van der Waals surface area contributed by atoms with Gasteiger partial charge in [-0.3, -0.25) is 0 Å². The van der Waals surface area contributed by atoms with E-state index in [0.29, 0.717) is 9.58 Å². The average molecular weight is 566 g/mol. The minimum atomic E-state index is -2.16. The maximum Gasteiger partial charge on any atom is -1.00 e. The Morgan fingerprint density at radius 3 is 2.52 bits per heavy atom. The molecule has 0 aliphatic heterocycles. The van der Waals surface area contributed by atoms with Crippen LogP contribution >= 0.6 is 0 Å². The fourth-order valence-corrected chi connectivity index (χ4v) is 24.3. The minimum absolute atomic E-state index is 0. The molecule has 1 aliphatic rings. The summed E-state index contributed by atoms with van der Waals surface area (Å²) < 4.78 is 4.21. The van der Waals surface area contributed by atoms with E-state index in [1.807, 2.05) is 0 Å². The van der Waals surface area contributed by atoms with Gasteiger partial charge in [-0.05, 0) is 0 Å². The van der Waals surface area contributed by atoms with Gasteiger partial charge in [0.25, 0.3) is 0 Å². The largest absolute Gasteiger partial charge is 1.00 e. The Kier molecular flexibility index (Phi) is 12.5. The molecule has 139 valence electrons. The molecule has 0 saturated heterocycles. The summed E-state index contributed by atoms with van der Waals surface area (Å²) in [4.78, 5) is 12.8. The first-order valence-electron chi connectivity index (χ1n) is 9.03. The molecule has 25 heavy (non-hydrogen) atoms. The number of amides is 1. The van der Waals surface area contributed by atoms with E-state index >= 15 is 0 Å². The Morgan fingerprint density at radius 1 is 1.24 bits per heavy atom. The smallest absolute Gasteiger partial charge is 1.00 e. The maximum atomic E-state index is 12.8. The first kappa shape index (κ1) is 25.1. The molecule has 0 fully saturated rings. The van der Waals surface area contributed by atoms with Gasteiger partial charge >= 0.3 is 151 Å². The maximum absolute atomic E-state index is 12.8. The molecule has 0 spiro atoms.